The lowest BCUT2D eigenvalue weighted by Gasteiger charge is -2.15. The molecule has 2 N–H and O–H groups in total. The van der Waals surface area contributed by atoms with Crippen LogP contribution in [0.25, 0.3) is 0 Å². The van der Waals surface area contributed by atoms with Gasteiger partial charge in [0, 0.05) is 9.61 Å². The lowest BCUT2D eigenvalue weighted by Crippen LogP contribution is -2.28. The van der Waals surface area contributed by atoms with E-state index in [0.717, 1.165) is 6.42 Å². The summed E-state index contributed by atoms with van der Waals surface area (Å²) in [7, 11) is 0. The largest absolute Gasteiger partial charge is 0.327 e. The van der Waals surface area contributed by atoms with Crippen molar-refractivity contribution in [3.8, 4) is 0 Å². The zero-order chi connectivity index (χ0) is 9.84. The molecule has 0 aliphatic rings. The van der Waals surface area contributed by atoms with E-state index in [-0.39, 0.29) is 6.04 Å². The van der Waals surface area contributed by atoms with Crippen LogP contribution in [0, 0.1) is 9.49 Å². The Morgan fingerprint density at radius 2 is 2.08 bits per heavy atom. The Kier molecular flexibility index (Phi) is 4.19. The zero-order valence-electron chi connectivity index (χ0n) is 8.13. The zero-order valence-corrected chi connectivity index (χ0v) is 10.3. The molecule has 0 spiro atoms. The highest BCUT2D eigenvalue weighted by Gasteiger charge is 2.07. The maximum Gasteiger partial charge on any atom is 0.0133 e. The van der Waals surface area contributed by atoms with Gasteiger partial charge in [-0.3, -0.25) is 0 Å². The molecule has 0 aromatic heterocycles. The van der Waals surface area contributed by atoms with Crippen molar-refractivity contribution >= 4 is 22.6 Å². The molecule has 0 bridgehead atoms. The van der Waals surface area contributed by atoms with Gasteiger partial charge in [0.25, 0.3) is 0 Å². The van der Waals surface area contributed by atoms with Crippen LogP contribution in [0.15, 0.2) is 24.3 Å². The van der Waals surface area contributed by atoms with E-state index in [1.165, 1.54) is 9.13 Å². The molecular weight excluding hydrogens is 273 g/mol. The quantitative estimate of drug-likeness (QED) is 0.851. The molecule has 1 aromatic rings. The number of nitrogens with two attached hydrogens (primary N) is 1. The van der Waals surface area contributed by atoms with E-state index in [1.54, 1.807) is 0 Å². The predicted octanol–water partition coefficient (Wildman–Crippen LogP) is 2.82. The van der Waals surface area contributed by atoms with Gasteiger partial charge in [-0.15, -0.1) is 0 Å². The highest BCUT2D eigenvalue weighted by atomic mass is 127. The van der Waals surface area contributed by atoms with Crippen molar-refractivity contribution in [1.29, 1.82) is 0 Å². The van der Waals surface area contributed by atoms with Gasteiger partial charge >= 0.3 is 0 Å². The summed E-state index contributed by atoms with van der Waals surface area (Å²) in [6.45, 7) is 4.33. The average molecular weight is 289 g/mol. The van der Waals surface area contributed by atoms with Crippen molar-refractivity contribution in [3.05, 3.63) is 33.4 Å². The third-order valence-corrected chi connectivity index (χ3v) is 2.89. The number of hydrogen-bond acceptors (Lipinski definition) is 1. The highest BCUT2D eigenvalue weighted by molar-refractivity contribution is 14.1. The normalized spacial score (nSPS) is 13.3. The fourth-order valence-electron chi connectivity index (χ4n) is 1.17. The summed E-state index contributed by atoms with van der Waals surface area (Å²) in [6.07, 6.45) is 0.981. The lowest BCUT2D eigenvalue weighted by molar-refractivity contribution is 0.490. The molecule has 72 valence electrons. The molecule has 1 atom stereocenters. The SMILES string of the molecule is CC(C)C(N)Cc1cccc(I)c1. The average Bonchev–Trinajstić information content (AvgIpc) is 2.04. The van der Waals surface area contributed by atoms with Gasteiger partial charge in [0.2, 0.25) is 0 Å². The molecule has 13 heavy (non-hydrogen) atoms. The molecule has 1 aromatic carbocycles. The molecule has 1 unspecified atom stereocenters. The van der Waals surface area contributed by atoms with Crippen molar-refractivity contribution in [2.75, 3.05) is 0 Å². The predicted molar refractivity (Wildman–Crippen MR) is 65.7 cm³/mol. The molecule has 0 aliphatic heterocycles. The number of benzene rings is 1. The Morgan fingerprint density at radius 3 is 2.62 bits per heavy atom. The Hall–Kier alpha value is -0.0900. The van der Waals surface area contributed by atoms with Gasteiger partial charge in [0.15, 0.2) is 0 Å². The van der Waals surface area contributed by atoms with Gasteiger partial charge in [-0.25, -0.2) is 0 Å². The highest BCUT2D eigenvalue weighted by Crippen LogP contribution is 2.11. The van der Waals surface area contributed by atoms with Crippen LogP contribution >= 0.6 is 22.6 Å². The smallest absolute Gasteiger partial charge is 0.0133 e. The minimum atomic E-state index is 0.276. The van der Waals surface area contributed by atoms with Gasteiger partial charge in [-0.05, 0) is 52.6 Å². The van der Waals surface area contributed by atoms with E-state index < -0.39 is 0 Å². The molecule has 0 amide bonds. The number of halogens is 1. The Balaban J connectivity index is 2.64. The molecule has 1 rings (SSSR count). The first-order valence-electron chi connectivity index (χ1n) is 4.59. The van der Waals surface area contributed by atoms with Crippen LogP contribution in [0.4, 0.5) is 0 Å². The van der Waals surface area contributed by atoms with Crippen molar-refractivity contribution in [2.45, 2.75) is 26.3 Å². The van der Waals surface area contributed by atoms with Crippen LogP contribution in [0.2, 0.25) is 0 Å². The second kappa shape index (κ2) is 4.96. The van der Waals surface area contributed by atoms with Crippen molar-refractivity contribution < 1.29 is 0 Å². The molecule has 0 aliphatic carbocycles. The van der Waals surface area contributed by atoms with Gasteiger partial charge in [-0.2, -0.15) is 0 Å². The van der Waals surface area contributed by atoms with Gasteiger partial charge in [0.05, 0.1) is 0 Å². The third-order valence-electron chi connectivity index (χ3n) is 2.22. The Labute approximate surface area is 93.9 Å². The van der Waals surface area contributed by atoms with Crippen molar-refractivity contribution in [2.24, 2.45) is 11.7 Å². The topological polar surface area (TPSA) is 26.0 Å². The summed E-state index contributed by atoms with van der Waals surface area (Å²) in [4.78, 5) is 0. The minimum Gasteiger partial charge on any atom is -0.327 e. The van der Waals surface area contributed by atoms with E-state index in [9.17, 15) is 0 Å². The van der Waals surface area contributed by atoms with E-state index >= 15 is 0 Å². The van der Waals surface area contributed by atoms with E-state index in [2.05, 4.69) is 60.7 Å². The van der Waals surface area contributed by atoms with E-state index in [4.69, 9.17) is 5.73 Å². The lowest BCUT2D eigenvalue weighted by atomic mass is 9.98. The van der Waals surface area contributed by atoms with E-state index in [1.807, 2.05) is 0 Å². The summed E-state index contributed by atoms with van der Waals surface area (Å²) in [5.74, 6) is 0.554. The number of rotatable bonds is 3. The summed E-state index contributed by atoms with van der Waals surface area (Å²) in [5, 5.41) is 0. The molecular formula is C11H16IN. The Bertz CT molecular complexity index is 271. The van der Waals surface area contributed by atoms with Crippen LogP contribution < -0.4 is 5.73 Å². The van der Waals surface area contributed by atoms with Crippen LogP contribution in [-0.4, -0.2) is 6.04 Å². The first-order valence-corrected chi connectivity index (χ1v) is 5.67. The second-order valence-corrected chi connectivity index (χ2v) is 4.99. The minimum absolute atomic E-state index is 0.276. The van der Waals surface area contributed by atoms with Crippen molar-refractivity contribution in [1.82, 2.24) is 0 Å². The molecule has 0 saturated carbocycles. The van der Waals surface area contributed by atoms with Crippen molar-refractivity contribution in [3.63, 3.8) is 0 Å². The third kappa shape index (κ3) is 3.65. The summed E-state index contributed by atoms with van der Waals surface area (Å²) in [6, 6.07) is 8.81. The summed E-state index contributed by atoms with van der Waals surface area (Å²) >= 11 is 2.33. The van der Waals surface area contributed by atoms with Crippen LogP contribution in [0.3, 0.4) is 0 Å². The molecule has 0 fully saturated rings. The van der Waals surface area contributed by atoms with Crippen LogP contribution in [0.1, 0.15) is 19.4 Å². The standard InChI is InChI=1S/C11H16IN/c1-8(2)11(13)7-9-4-3-5-10(12)6-9/h3-6,8,11H,7,13H2,1-2H3. The van der Waals surface area contributed by atoms with Crippen LogP contribution in [0.5, 0.6) is 0 Å². The monoisotopic (exact) mass is 289 g/mol. The van der Waals surface area contributed by atoms with Crippen LogP contribution in [-0.2, 0) is 6.42 Å². The first-order chi connectivity index (χ1) is 6.09. The fourth-order valence-corrected chi connectivity index (χ4v) is 1.78. The summed E-state index contributed by atoms with van der Waals surface area (Å²) in [5.41, 5.74) is 7.34. The Morgan fingerprint density at radius 1 is 1.38 bits per heavy atom. The second-order valence-electron chi connectivity index (χ2n) is 3.74. The fraction of sp³-hybridized carbons (Fsp3) is 0.455. The van der Waals surface area contributed by atoms with E-state index in [0.29, 0.717) is 5.92 Å². The van der Waals surface area contributed by atoms with Gasteiger partial charge in [-0.1, -0.05) is 26.0 Å². The maximum atomic E-state index is 6.00. The molecule has 0 heterocycles. The first kappa shape index (κ1) is 11.0. The van der Waals surface area contributed by atoms with Gasteiger partial charge in [0.1, 0.15) is 0 Å². The maximum absolute atomic E-state index is 6.00. The molecule has 0 radical (unpaired) electrons. The molecule has 2 heteroatoms. The van der Waals surface area contributed by atoms with Gasteiger partial charge < -0.3 is 5.73 Å². The number of hydrogen-bond donors (Lipinski definition) is 1. The molecule has 1 nitrogen and oxygen atoms in total. The summed E-state index contributed by atoms with van der Waals surface area (Å²) < 4.78 is 1.28. The molecule has 0 saturated heterocycles.